The van der Waals surface area contributed by atoms with Gasteiger partial charge in [-0.25, -0.2) is 4.79 Å². The van der Waals surface area contributed by atoms with Gasteiger partial charge < -0.3 is 14.9 Å². The Balaban J connectivity index is 1.83. The van der Waals surface area contributed by atoms with E-state index in [-0.39, 0.29) is 5.56 Å². The van der Waals surface area contributed by atoms with Crippen LogP contribution in [0, 0.1) is 0 Å². The number of hydrogen-bond acceptors (Lipinski definition) is 3. The number of rotatable bonds is 18. The molecule has 1 aromatic carbocycles. The summed E-state index contributed by atoms with van der Waals surface area (Å²) in [5.41, 5.74) is 0.260. The zero-order chi connectivity index (χ0) is 20.5. The third kappa shape index (κ3) is 13.2. The zero-order valence-corrected chi connectivity index (χ0v) is 17.0. The van der Waals surface area contributed by atoms with Gasteiger partial charge in [-0.1, -0.05) is 76.7 Å². The average molecular weight is 393 g/mol. The van der Waals surface area contributed by atoms with Gasteiger partial charge in [0.25, 0.3) is 0 Å². The highest BCUT2D eigenvalue weighted by molar-refractivity contribution is 5.87. The largest absolute Gasteiger partial charge is 0.494 e. The van der Waals surface area contributed by atoms with E-state index in [2.05, 4.69) is 0 Å². The highest BCUT2D eigenvalue weighted by Gasteiger charge is 2.03. The monoisotopic (exact) mass is 392 g/mol. The van der Waals surface area contributed by atoms with Crippen LogP contribution < -0.4 is 4.74 Å². The van der Waals surface area contributed by atoms with Crippen molar-refractivity contribution in [3.63, 3.8) is 0 Å². The van der Waals surface area contributed by atoms with Crippen molar-refractivity contribution >= 4 is 11.9 Å². The molecule has 0 aliphatic carbocycles. The van der Waals surface area contributed by atoms with Crippen LogP contribution >= 0.6 is 0 Å². The Morgan fingerprint density at radius 2 is 1.21 bits per heavy atom. The van der Waals surface area contributed by atoms with Gasteiger partial charge in [-0.2, -0.15) is 0 Å². The molecular formula is C23H36O5. The third-order valence-electron chi connectivity index (χ3n) is 4.88. The molecule has 28 heavy (non-hydrogen) atoms. The summed E-state index contributed by atoms with van der Waals surface area (Å²) >= 11 is 0. The molecule has 0 aliphatic rings. The molecular weight excluding hydrogens is 356 g/mol. The Kier molecular flexibility index (Phi) is 13.7. The van der Waals surface area contributed by atoms with Crippen molar-refractivity contribution in [3.8, 4) is 5.75 Å². The van der Waals surface area contributed by atoms with E-state index in [9.17, 15) is 9.59 Å². The lowest BCUT2D eigenvalue weighted by atomic mass is 10.0. The SMILES string of the molecule is O=C(O)CCCCCCCCCCCCCCCOc1cccc(C(=O)O)c1. The minimum atomic E-state index is -0.929. The lowest BCUT2D eigenvalue weighted by Crippen LogP contribution is -2.00. The van der Waals surface area contributed by atoms with Crippen molar-refractivity contribution in [3.05, 3.63) is 29.8 Å². The first kappa shape index (κ1) is 24.0. The normalized spacial score (nSPS) is 10.7. The highest BCUT2D eigenvalue weighted by atomic mass is 16.5. The molecule has 0 aromatic heterocycles. The fourth-order valence-corrected chi connectivity index (χ4v) is 3.23. The number of hydrogen-bond donors (Lipinski definition) is 2. The molecule has 0 radical (unpaired) electrons. The smallest absolute Gasteiger partial charge is 0.335 e. The van der Waals surface area contributed by atoms with Crippen LogP contribution in [0.15, 0.2) is 24.3 Å². The van der Waals surface area contributed by atoms with Gasteiger partial charge in [0.05, 0.1) is 12.2 Å². The third-order valence-corrected chi connectivity index (χ3v) is 4.88. The number of aliphatic carboxylic acids is 1. The molecule has 0 bridgehead atoms. The van der Waals surface area contributed by atoms with E-state index in [0.717, 1.165) is 32.1 Å². The maximum Gasteiger partial charge on any atom is 0.335 e. The minimum Gasteiger partial charge on any atom is -0.494 e. The predicted octanol–water partition coefficient (Wildman–Crippen LogP) is 6.31. The van der Waals surface area contributed by atoms with Crippen molar-refractivity contribution in [1.82, 2.24) is 0 Å². The molecule has 0 saturated carbocycles. The number of carboxylic acid groups (broad SMARTS) is 2. The molecule has 0 amide bonds. The molecule has 0 heterocycles. The molecule has 0 fully saturated rings. The average Bonchev–Trinajstić information content (AvgIpc) is 2.67. The highest BCUT2D eigenvalue weighted by Crippen LogP contribution is 2.15. The predicted molar refractivity (Wildman–Crippen MR) is 111 cm³/mol. The summed E-state index contributed by atoms with van der Waals surface area (Å²) in [4.78, 5) is 21.3. The van der Waals surface area contributed by atoms with Crippen LogP contribution in [0.25, 0.3) is 0 Å². The molecule has 5 heteroatoms. The van der Waals surface area contributed by atoms with E-state index < -0.39 is 11.9 Å². The van der Waals surface area contributed by atoms with E-state index in [0.29, 0.717) is 18.8 Å². The van der Waals surface area contributed by atoms with Gasteiger partial charge in [0.1, 0.15) is 5.75 Å². The summed E-state index contributed by atoms with van der Waals surface area (Å²) in [5, 5.41) is 17.5. The van der Waals surface area contributed by atoms with E-state index >= 15 is 0 Å². The quantitative estimate of drug-likeness (QED) is 0.286. The van der Waals surface area contributed by atoms with Gasteiger partial charge in [0.15, 0.2) is 0 Å². The van der Waals surface area contributed by atoms with E-state index in [1.54, 1.807) is 24.3 Å². The summed E-state index contributed by atoms with van der Waals surface area (Å²) in [6.07, 6.45) is 15.7. The van der Waals surface area contributed by atoms with Gasteiger partial charge in [0, 0.05) is 6.42 Å². The summed E-state index contributed by atoms with van der Waals surface area (Å²) in [7, 11) is 0. The van der Waals surface area contributed by atoms with Crippen molar-refractivity contribution in [2.45, 2.75) is 89.9 Å². The molecule has 0 aliphatic heterocycles. The molecule has 5 nitrogen and oxygen atoms in total. The topological polar surface area (TPSA) is 83.8 Å². The number of carboxylic acids is 2. The molecule has 0 saturated heterocycles. The first-order valence-corrected chi connectivity index (χ1v) is 10.8. The molecule has 0 atom stereocenters. The Labute approximate surface area is 169 Å². The van der Waals surface area contributed by atoms with E-state index in [1.165, 1.54) is 51.4 Å². The lowest BCUT2D eigenvalue weighted by molar-refractivity contribution is -0.137. The Morgan fingerprint density at radius 3 is 1.71 bits per heavy atom. The van der Waals surface area contributed by atoms with Gasteiger partial charge in [-0.05, 0) is 31.0 Å². The van der Waals surface area contributed by atoms with E-state index in [4.69, 9.17) is 14.9 Å². The van der Waals surface area contributed by atoms with Crippen LogP contribution in [-0.4, -0.2) is 28.8 Å². The van der Waals surface area contributed by atoms with Crippen LogP contribution in [0.5, 0.6) is 5.75 Å². The second kappa shape index (κ2) is 16.0. The molecule has 2 N–H and O–H groups in total. The van der Waals surface area contributed by atoms with Gasteiger partial charge in [0.2, 0.25) is 0 Å². The molecule has 1 rings (SSSR count). The summed E-state index contributed by atoms with van der Waals surface area (Å²) in [6.45, 7) is 0.634. The Bertz CT molecular complexity index is 556. The number of carbonyl (C=O) groups is 2. The van der Waals surface area contributed by atoms with E-state index in [1.807, 2.05) is 0 Å². The van der Waals surface area contributed by atoms with Crippen LogP contribution in [0.1, 0.15) is 100 Å². The first-order valence-electron chi connectivity index (χ1n) is 10.8. The van der Waals surface area contributed by atoms with Gasteiger partial charge in [-0.3, -0.25) is 4.79 Å². The fraction of sp³-hybridized carbons (Fsp3) is 0.652. The summed E-state index contributed by atoms with van der Waals surface area (Å²) in [5.74, 6) is -0.985. The number of aromatic carboxylic acids is 1. The number of benzene rings is 1. The fourth-order valence-electron chi connectivity index (χ4n) is 3.23. The molecule has 0 spiro atoms. The second-order valence-electron chi connectivity index (χ2n) is 7.42. The van der Waals surface area contributed by atoms with Crippen LogP contribution in [-0.2, 0) is 4.79 Å². The molecule has 1 aromatic rings. The standard InChI is InChI=1S/C23H36O5/c24-22(25)17-12-10-8-6-4-2-1-3-5-7-9-11-13-18-28-21-16-14-15-20(19-21)23(26)27/h14-16,19H,1-13,17-18H2,(H,24,25)(H,26,27). The Morgan fingerprint density at radius 1 is 0.714 bits per heavy atom. The molecule has 0 unspecified atom stereocenters. The lowest BCUT2D eigenvalue weighted by Gasteiger charge is -2.07. The van der Waals surface area contributed by atoms with Crippen LogP contribution in [0.2, 0.25) is 0 Å². The van der Waals surface area contributed by atoms with Crippen molar-refractivity contribution < 1.29 is 24.5 Å². The van der Waals surface area contributed by atoms with Crippen molar-refractivity contribution in [2.75, 3.05) is 6.61 Å². The first-order chi connectivity index (χ1) is 13.6. The Hall–Kier alpha value is -2.04. The second-order valence-corrected chi connectivity index (χ2v) is 7.42. The van der Waals surface area contributed by atoms with Crippen molar-refractivity contribution in [1.29, 1.82) is 0 Å². The molecule has 158 valence electrons. The summed E-state index contributed by atoms with van der Waals surface area (Å²) in [6, 6.07) is 6.64. The van der Waals surface area contributed by atoms with Crippen molar-refractivity contribution in [2.24, 2.45) is 0 Å². The number of ether oxygens (including phenoxy) is 1. The summed E-state index contributed by atoms with van der Waals surface area (Å²) < 4.78 is 5.62. The van der Waals surface area contributed by atoms with Gasteiger partial charge >= 0.3 is 11.9 Å². The van der Waals surface area contributed by atoms with Gasteiger partial charge in [-0.15, -0.1) is 0 Å². The maximum atomic E-state index is 10.9. The maximum absolute atomic E-state index is 10.9. The minimum absolute atomic E-state index is 0.260. The number of unbranched alkanes of at least 4 members (excludes halogenated alkanes) is 12. The zero-order valence-electron chi connectivity index (χ0n) is 17.0. The van der Waals surface area contributed by atoms with Crippen LogP contribution in [0.3, 0.4) is 0 Å². The van der Waals surface area contributed by atoms with Crippen LogP contribution in [0.4, 0.5) is 0 Å².